The van der Waals surface area contributed by atoms with Crippen LogP contribution in [0.25, 0.3) is 11.0 Å². The number of hydrogen-bond donors (Lipinski definition) is 3. The second-order valence-corrected chi connectivity index (χ2v) is 8.51. The first-order valence-corrected chi connectivity index (χ1v) is 10.8. The van der Waals surface area contributed by atoms with E-state index in [1.165, 1.54) is 23.0 Å². The van der Waals surface area contributed by atoms with E-state index in [4.69, 9.17) is 9.94 Å². The number of amides is 1. The number of ether oxygens (including phenoxy) is 1. The third-order valence-electron chi connectivity index (χ3n) is 4.48. The van der Waals surface area contributed by atoms with Gasteiger partial charge in [0.05, 0.1) is 27.2 Å². The third-order valence-corrected chi connectivity index (χ3v) is 6.00. The number of carbonyl (C=O) groups excluding carboxylic acids is 1. The van der Waals surface area contributed by atoms with Crippen molar-refractivity contribution in [1.29, 1.82) is 0 Å². The molecule has 0 unspecified atom stereocenters. The molecule has 0 spiro atoms. The zero-order valence-electron chi connectivity index (χ0n) is 17.1. The molecule has 0 aliphatic carbocycles. The number of hydroxylamine groups is 1. The van der Waals surface area contributed by atoms with Crippen molar-refractivity contribution in [2.24, 2.45) is 7.05 Å². The third kappa shape index (κ3) is 4.60. The minimum atomic E-state index is -3.76. The van der Waals surface area contributed by atoms with Gasteiger partial charge in [-0.1, -0.05) is 5.92 Å². The first-order valence-electron chi connectivity index (χ1n) is 9.14. The Hall–Kier alpha value is -3.62. The van der Waals surface area contributed by atoms with Crippen molar-refractivity contribution in [3.8, 4) is 17.6 Å². The molecule has 0 fully saturated rings. The van der Waals surface area contributed by atoms with Gasteiger partial charge in [0.15, 0.2) is 15.5 Å². The van der Waals surface area contributed by atoms with Gasteiger partial charge in [-0.3, -0.25) is 14.7 Å². The quantitative estimate of drug-likeness (QED) is 0.285. The van der Waals surface area contributed by atoms with Gasteiger partial charge in [0.25, 0.3) is 5.91 Å². The number of hydrogen-bond acceptors (Lipinski definition) is 8. The molecule has 1 amide bonds. The van der Waals surface area contributed by atoms with E-state index in [0.29, 0.717) is 22.5 Å². The zero-order chi connectivity index (χ0) is 22.6. The molecule has 3 N–H and O–H groups in total. The van der Waals surface area contributed by atoms with Crippen LogP contribution in [0, 0.1) is 18.8 Å². The van der Waals surface area contributed by atoms with E-state index in [1.807, 2.05) is 0 Å². The van der Waals surface area contributed by atoms with Gasteiger partial charge >= 0.3 is 0 Å². The highest BCUT2D eigenvalue weighted by atomic mass is 32.2. The summed E-state index contributed by atoms with van der Waals surface area (Å²) in [6, 6.07) is 5.96. The molecule has 1 aromatic carbocycles. The average Bonchev–Trinajstić information content (AvgIpc) is 3.05. The predicted molar refractivity (Wildman–Crippen MR) is 114 cm³/mol. The first kappa shape index (κ1) is 22.1. The first-order chi connectivity index (χ1) is 14.8. The second-order valence-electron chi connectivity index (χ2n) is 6.52. The maximum atomic E-state index is 12.8. The molecule has 2 aromatic heterocycles. The predicted octanol–water partition coefficient (Wildman–Crippen LogP) is 1.64. The zero-order valence-corrected chi connectivity index (χ0v) is 17.9. The fraction of sp³-hybridized carbons (Fsp3) is 0.250. The highest BCUT2D eigenvalue weighted by Crippen LogP contribution is 2.29. The lowest BCUT2D eigenvalue weighted by molar-refractivity contribution is 0.0707. The van der Waals surface area contributed by atoms with E-state index in [9.17, 15) is 13.2 Å². The number of rotatable bonds is 7. The minimum Gasteiger partial charge on any atom is -0.481 e. The summed E-state index contributed by atoms with van der Waals surface area (Å²) in [5, 5.41) is 16.6. The van der Waals surface area contributed by atoms with Gasteiger partial charge < -0.3 is 10.1 Å². The van der Waals surface area contributed by atoms with Crippen LogP contribution in [-0.4, -0.2) is 46.8 Å². The number of carbonyl (C=O) groups is 1. The summed E-state index contributed by atoms with van der Waals surface area (Å²) in [5.74, 6) is 4.65. The highest BCUT2D eigenvalue weighted by molar-refractivity contribution is 7.91. The Morgan fingerprint density at radius 2 is 2.00 bits per heavy atom. The van der Waals surface area contributed by atoms with Gasteiger partial charge in [-0.25, -0.2) is 18.9 Å². The number of anilines is 1. The number of pyridine rings is 1. The lowest BCUT2D eigenvalue weighted by atomic mass is 10.1. The van der Waals surface area contributed by atoms with Crippen LogP contribution >= 0.6 is 0 Å². The molecule has 31 heavy (non-hydrogen) atoms. The summed E-state index contributed by atoms with van der Waals surface area (Å²) < 4.78 is 32.6. The molecule has 0 atom stereocenters. The number of benzene rings is 1. The van der Waals surface area contributed by atoms with Crippen molar-refractivity contribution in [3.05, 3.63) is 41.7 Å². The van der Waals surface area contributed by atoms with Crippen LogP contribution in [0.5, 0.6) is 5.75 Å². The maximum Gasteiger partial charge on any atom is 0.278 e. The van der Waals surface area contributed by atoms with Crippen LogP contribution in [0.2, 0.25) is 0 Å². The Morgan fingerprint density at radius 1 is 1.29 bits per heavy atom. The van der Waals surface area contributed by atoms with E-state index in [-0.39, 0.29) is 22.8 Å². The van der Waals surface area contributed by atoms with Gasteiger partial charge in [0.1, 0.15) is 18.2 Å². The minimum absolute atomic E-state index is 0.0120. The van der Waals surface area contributed by atoms with Crippen molar-refractivity contribution in [1.82, 2.24) is 20.2 Å². The van der Waals surface area contributed by atoms with Crippen molar-refractivity contribution >= 4 is 32.5 Å². The molecule has 162 valence electrons. The molecule has 0 aliphatic rings. The normalized spacial score (nSPS) is 11.0. The second kappa shape index (κ2) is 9.03. The van der Waals surface area contributed by atoms with Crippen molar-refractivity contribution in [2.75, 3.05) is 17.8 Å². The van der Waals surface area contributed by atoms with E-state index in [2.05, 4.69) is 27.2 Å². The molecule has 0 radical (unpaired) electrons. The SMILES string of the molecule is CC#CCOc1ccc(S(=O)(=O)CNc2c(C(=O)NO)cnc3c2c(C)nn3C)cc1. The van der Waals surface area contributed by atoms with E-state index in [1.54, 1.807) is 38.5 Å². The smallest absolute Gasteiger partial charge is 0.278 e. The Bertz CT molecular complexity index is 1290. The molecule has 0 aliphatic heterocycles. The molecule has 0 bridgehead atoms. The standard InChI is InChI=1S/C20H21N5O5S/c1-4-5-10-30-14-6-8-15(9-7-14)31(28,29)12-22-18-16(20(26)24-27)11-21-19-17(18)13(2)23-25(19)3/h6-9,11,27H,10,12H2,1-3H3,(H,21,22)(H,24,26). The van der Waals surface area contributed by atoms with Gasteiger partial charge in [-0.15, -0.1) is 5.92 Å². The van der Waals surface area contributed by atoms with Crippen molar-refractivity contribution < 1.29 is 23.2 Å². The molecule has 0 saturated heterocycles. The van der Waals surface area contributed by atoms with Crippen molar-refractivity contribution in [2.45, 2.75) is 18.7 Å². The van der Waals surface area contributed by atoms with Gasteiger partial charge in [-0.2, -0.15) is 5.10 Å². The summed E-state index contributed by atoms with van der Waals surface area (Å²) in [6.45, 7) is 3.62. The van der Waals surface area contributed by atoms with Crippen LogP contribution in [0.3, 0.4) is 0 Å². The summed E-state index contributed by atoms with van der Waals surface area (Å²) >= 11 is 0. The summed E-state index contributed by atoms with van der Waals surface area (Å²) in [4.78, 5) is 16.4. The molecular formula is C20H21N5O5S. The molecular weight excluding hydrogens is 422 g/mol. The van der Waals surface area contributed by atoms with Crippen LogP contribution in [-0.2, 0) is 16.9 Å². The summed E-state index contributed by atoms with van der Waals surface area (Å²) in [7, 11) is -2.08. The van der Waals surface area contributed by atoms with Gasteiger partial charge in [0, 0.05) is 13.2 Å². The Labute approximate surface area is 179 Å². The average molecular weight is 443 g/mol. The summed E-state index contributed by atoms with van der Waals surface area (Å²) in [5.41, 5.74) is 2.76. The Morgan fingerprint density at radius 3 is 2.65 bits per heavy atom. The van der Waals surface area contributed by atoms with Crippen molar-refractivity contribution in [3.63, 3.8) is 0 Å². The number of fused-ring (bicyclic) bond motifs is 1. The van der Waals surface area contributed by atoms with Crippen LogP contribution in [0.1, 0.15) is 23.0 Å². The fourth-order valence-corrected chi connectivity index (χ4v) is 4.06. The molecule has 2 heterocycles. The largest absolute Gasteiger partial charge is 0.481 e. The topological polar surface area (TPSA) is 135 Å². The van der Waals surface area contributed by atoms with Gasteiger partial charge in [0.2, 0.25) is 0 Å². The Kier molecular flexibility index (Phi) is 6.43. The number of nitrogens with zero attached hydrogens (tertiary/aromatic N) is 3. The van der Waals surface area contributed by atoms with E-state index >= 15 is 0 Å². The van der Waals surface area contributed by atoms with Crippen LogP contribution < -0.4 is 15.5 Å². The molecule has 10 nitrogen and oxygen atoms in total. The molecule has 3 rings (SSSR count). The summed E-state index contributed by atoms with van der Waals surface area (Å²) in [6.07, 6.45) is 1.25. The van der Waals surface area contributed by atoms with Gasteiger partial charge in [-0.05, 0) is 38.1 Å². The number of sulfone groups is 1. The molecule has 3 aromatic rings. The Balaban J connectivity index is 1.90. The lowest BCUT2D eigenvalue weighted by Crippen LogP contribution is -2.22. The number of aryl methyl sites for hydroxylation is 2. The molecule has 11 heteroatoms. The monoisotopic (exact) mass is 443 g/mol. The van der Waals surface area contributed by atoms with Crippen LogP contribution in [0.15, 0.2) is 35.4 Å². The molecule has 0 saturated carbocycles. The van der Waals surface area contributed by atoms with Crippen LogP contribution in [0.4, 0.5) is 5.69 Å². The number of nitrogens with one attached hydrogen (secondary N) is 2. The highest BCUT2D eigenvalue weighted by Gasteiger charge is 2.22. The van der Waals surface area contributed by atoms with E-state index in [0.717, 1.165) is 0 Å². The maximum absolute atomic E-state index is 12.8. The van der Waals surface area contributed by atoms with E-state index < -0.39 is 21.6 Å². The fourth-order valence-electron chi connectivity index (χ4n) is 3.01. The lowest BCUT2D eigenvalue weighted by Gasteiger charge is -2.13. The number of aromatic nitrogens is 3.